The van der Waals surface area contributed by atoms with Crippen molar-refractivity contribution in [3.63, 3.8) is 0 Å². The Kier molecular flexibility index (Phi) is 5.24. The predicted octanol–water partition coefficient (Wildman–Crippen LogP) is 4.13. The molecular weight excluding hydrogens is 350 g/mol. The van der Waals surface area contributed by atoms with Gasteiger partial charge < -0.3 is 15.5 Å². The van der Waals surface area contributed by atoms with E-state index in [-0.39, 0.29) is 18.4 Å². The Bertz CT molecular complexity index is 1010. The summed E-state index contributed by atoms with van der Waals surface area (Å²) in [6, 6.07) is 21.3. The van der Waals surface area contributed by atoms with Gasteiger partial charge in [-0.3, -0.25) is 9.59 Å². The summed E-state index contributed by atoms with van der Waals surface area (Å²) >= 11 is 0. The number of carbonyl (C=O) groups is 2. The predicted molar refractivity (Wildman–Crippen MR) is 113 cm³/mol. The topological polar surface area (TPSA) is 61.4 Å². The van der Waals surface area contributed by atoms with Crippen LogP contribution in [0.25, 0.3) is 10.8 Å². The standard InChI is InChI=1S/C23H23N3O2/c27-22(16-24-20-11-10-17-6-1-2-7-18(17)14-20)25-21-9-5-8-19(15-21)23(28)26-12-3-4-13-26/h1-2,5-11,14-15,24H,3-4,12-13,16H2,(H,25,27). The van der Waals surface area contributed by atoms with Crippen LogP contribution in [0.15, 0.2) is 66.7 Å². The molecule has 1 heterocycles. The van der Waals surface area contributed by atoms with E-state index in [9.17, 15) is 9.59 Å². The number of anilines is 2. The molecular formula is C23H23N3O2. The number of nitrogens with zero attached hydrogens (tertiary/aromatic N) is 1. The summed E-state index contributed by atoms with van der Waals surface area (Å²) in [7, 11) is 0. The van der Waals surface area contributed by atoms with E-state index in [1.165, 1.54) is 0 Å². The van der Waals surface area contributed by atoms with Crippen LogP contribution < -0.4 is 10.6 Å². The van der Waals surface area contributed by atoms with Gasteiger partial charge in [0, 0.05) is 30.0 Å². The first-order valence-electron chi connectivity index (χ1n) is 9.61. The molecule has 0 bridgehead atoms. The third-order valence-corrected chi connectivity index (χ3v) is 4.99. The third-order valence-electron chi connectivity index (χ3n) is 4.99. The van der Waals surface area contributed by atoms with Crippen molar-refractivity contribution >= 4 is 34.0 Å². The van der Waals surface area contributed by atoms with Crippen molar-refractivity contribution in [1.29, 1.82) is 0 Å². The van der Waals surface area contributed by atoms with Crippen molar-refractivity contribution < 1.29 is 9.59 Å². The summed E-state index contributed by atoms with van der Waals surface area (Å²) < 4.78 is 0. The van der Waals surface area contributed by atoms with Gasteiger partial charge in [-0.15, -0.1) is 0 Å². The fourth-order valence-corrected chi connectivity index (χ4v) is 3.52. The minimum atomic E-state index is -0.154. The molecule has 1 aliphatic heterocycles. The zero-order valence-electron chi connectivity index (χ0n) is 15.7. The van der Waals surface area contributed by atoms with E-state index >= 15 is 0 Å². The van der Waals surface area contributed by atoms with Crippen molar-refractivity contribution in [2.45, 2.75) is 12.8 Å². The number of benzene rings is 3. The highest BCUT2D eigenvalue weighted by Crippen LogP contribution is 2.19. The number of amides is 2. The van der Waals surface area contributed by atoms with Crippen molar-refractivity contribution in [2.75, 3.05) is 30.3 Å². The highest BCUT2D eigenvalue weighted by molar-refractivity contribution is 5.98. The second-order valence-corrected chi connectivity index (χ2v) is 7.04. The first-order valence-corrected chi connectivity index (χ1v) is 9.61. The van der Waals surface area contributed by atoms with Crippen LogP contribution in [-0.4, -0.2) is 36.3 Å². The molecule has 0 radical (unpaired) electrons. The van der Waals surface area contributed by atoms with Crippen molar-refractivity contribution in [3.8, 4) is 0 Å². The number of rotatable bonds is 5. The molecule has 0 unspecified atom stereocenters. The molecule has 0 saturated carbocycles. The van der Waals surface area contributed by atoms with Crippen LogP contribution in [0, 0.1) is 0 Å². The molecule has 1 fully saturated rings. The molecule has 0 atom stereocenters. The highest BCUT2D eigenvalue weighted by atomic mass is 16.2. The minimum absolute atomic E-state index is 0.0305. The fraction of sp³-hybridized carbons (Fsp3) is 0.217. The van der Waals surface area contributed by atoms with E-state index in [0.717, 1.165) is 42.4 Å². The smallest absolute Gasteiger partial charge is 0.253 e. The lowest BCUT2D eigenvalue weighted by Crippen LogP contribution is -2.27. The number of nitrogens with one attached hydrogen (secondary N) is 2. The molecule has 5 nitrogen and oxygen atoms in total. The molecule has 5 heteroatoms. The SMILES string of the molecule is O=C(CNc1ccc2ccccc2c1)Nc1cccc(C(=O)N2CCCC2)c1. The summed E-state index contributed by atoms with van der Waals surface area (Å²) in [5.74, 6) is -0.123. The summed E-state index contributed by atoms with van der Waals surface area (Å²) in [6.45, 7) is 1.78. The Balaban J connectivity index is 1.36. The quantitative estimate of drug-likeness (QED) is 0.707. The Morgan fingerprint density at radius 1 is 0.821 bits per heavy atom. The number of hydrogen-bond donors (Lipinski definition) is 2. The van der Waals surface area contributed by atoms with Crippen LogP contribution in [0.5, 0.6) is 0 Å². The van der Waals surface area contributed by atoms with E-state index < -0.39 is 0 Å². The molecule has 3 aromatic rings. The second kappa shape index (κ2) is 8.13. The lowest BCUT2D eigenvalue weighted by molar-refractivity contribution is -0.114. The van der Waals surface area contributed by atoms with Gasteiger partial charge in [0.15, 0.2) is 0 Å². The summed E-state index contributed by atoms with van der Waals surface area (Å²) in [6.07, 6.45) is 2.12. The first-order chi connectivity index (χ1) is 13.7. The van der Waals surface area contributed by atoms with Crippen LogP contribution in [0.1, 0.15) is 23.2 Å². The molecule has 0 aliphatic carbocycles. The van der Waals surface area contributed by atoms with Gasteiger partial charge >= 0.3 is 0 Å². The molecule has 0 aromatic heterocycles. The third kappa shape index (κ3) is 4.14. The van der Waals surface area contributed by atoms with E-state index in [4.69, 9.17) is 0 Å². The molecule has 2 N–H and O–H groups in total. The Morgan fingerprint density at radius 2 is 1.61 bits per heavy atom. The maximum absolute atomic E-state index is 12.5. The van der Waals surface area contributed by atoms with Crippen molar-refractivity contribution in [2.24, 2.45) is 0 Å². The van der Waals surface area contributed by atoms with E-state index in [1.807, 2.05) is 41.3 Å². The Morgan fingerprint density at radius 3 is 2.43 bits per heavy atom. The van der Waals surface area contributed by atoms with E-state index in [1.54, 1.807) is 24.3 Å². The highest BCUT2D eigenvalue weighted by Gasteiger charge is 2.19. The van der Waals surface area contributed by atoms with E-state index in [0.29, 0.717) is 11.3 Å². The van der Waals surface area contributed by atoms with Gasteiger partial charge in [0.1, 0.15) is 0 Å². The maximum Gasteiger partial charge on any atom is 0.253 e. The maximum atomic E-state index is 12.5. The van der Waals surface area contributed by atoms with Crippen LogP contribution in [0.2, 0.25) is 0 Å². The largest absolute Gasteiger partial charge is 0.376 e. The molecule has 4 rings (SSSR count). The van der Waals surface area contributed by atoms with Crippen molar-refractivity contribution in [3.05, 3.63) is 72.3 Å². The van der Waals surface area contributed by atoms with Gasteiger partial charge in [-0.1, -0.05) is 36.4 Å². The number of carbonyl (C=O) groups excluding carboxylic acids is 2. The van der Waals surface area contributed by atoms with Gasteiger partial charge in [0.05, 0.1) is 6.54 Å². The molecule has 2 amide bonds. The minimum Gasteiger partial charge on any atom is -0.376 e. The fourth-order valence-electron chi connectivity index (χ4n) is 3.52. The van der Waals surface area contributed by atoms with Crippen molar-refractivity contribution in [1.82, 2.24) is 4.90 Å². The van der Waals surface area contributed by atoms with E-state index in [2.05, 4.69) is 16.7 Å². The summed E-state index contributed by atoms with van der Waals surface area (Å²) in [4.78, 5) is 26.7. The van der Waals surface area contributed by atoms with Crippen LogP contribution in [-0.2, 0) is 4.79 Å². The average molecular weight is 373 g/mol. The number of likely N-dealkylation sites (tertiary alicyclic amines) is 1. The first kappa shape index (κ1) is 18.0. The lowest BCUT2D eigenvalue weighted by Gasteiger charge is -2.16. The molecule has 0 spiro atoms. The van der Waals surface area contributed by atoms with Gasteiger partial charge in [0.2, 0.25) is 5.91 Å². The zero-order chi connectivity index (χ0) is 19.3. The number of hydrogen-bond acceptors (Lipinski definition) is 3. The Labute approximate surface area is 164 Å². The van der Waals surface area contributed by atoms with Crippen LogP contribution >= 0.6 is 0 Å². The molecule has 142 valence electrons. The zero-order valence-corrected chi connectivity index (χ0v) is 15.7. The summed E-state index contributed by atoms with van der Waals surface area (Å²) in [5.41, 5.74) is 2.14. The van der Waals surface area contributed by atoms with Gasteiger partial charge in [0.25, 0.3) is 5.91 Å². The number of fused-ring (bicyclic) bond motifs is 1. The normalized spacial score (nSPS) is 13.5. The molecule has 28 heavy (non-hydrogen) atoms. The molecule has 1 saturated heterocycles. The van der Waals surface area contributed by atoms with Gasteiger partial charge in [-0.2, -0.15) is 0 Å². The monoisotopic (exact) mass is 373 g/mol. The summed E-state index contributed by atoms with van der Waals surface area (Å²) in [5, 5.41) is 8.30. The molecule has 3 aromatic carbocycles. The van der Waals surface area contributed by atoms with Gasteiger partial charge in [-0.05, 0) is 53.9 Å². The van der Waals surface area contributed by atoms with Crippen LogP contribution in [0.3, 0.4) is 0 Å². The lowest BCUT2D eigenvalue weighted by atomic mass is 10.1. The average Bonchev–Trinajstić information content (AvgIpc) is 3.26. The van der Waals surface area contributed by atoms with Gasteiger partial charge in [-0.25, -0.2) is 0 Å². The molecule has 1 aliphatic rings. The van der Waals surface area contributed by atoms with Crippen LogP contribution in [0.4, 0.5) is 11.4 Å². The second-order valence-electron chi connectivity index (χ2n) is 7.04. The Hall–Kier alpha value is -3.34.